The Labute approximate surface area is 78.1 Å². The number of rotatable bonds is 2. The van der Waals surface area contributed by atoms with E-state index in [2.05, 4.69) is 0 Å². The molecule has 0 unspecified atom stereocenters. The minimum absolute atomic E-state index is 0.170. The molecule has 0 bridgehead atoms. The van der Waals surface area contributed by atoms with Gasteiger partial charge in [-0.15, -0.1) is 0 Å². The second-order valence-corrected chi connectivity index (χ2v) is 4.57. The van der Waals surface area contributed by atoms with Crippen LogP contribution in [-0.2, 0) is 10.0 Å². The second kappa shape index (κ2) is 3.37. The van der Waals surface area contributed by atoms with E-state index in [9.17, 15) is 22.4 Å². The van der Waals surface area contributed by atoms with Crippen LogP contribution < -0.4 is 11.2 Å². The molecule has 0 amide bonds. The number of nitrogens with zero attached hydrogens (tertiary/aromatic N) is 1. The molecule has 0 spiro atoms. The summed E-state index contributed by atoms with van der Waals surface area (Å²) >= 11 is 0. The summed E-state index contributed by atoms with van der Waals surface area (Å²) in [5.41, 5.74) is -2.41. The smallest absolute Gasteiger partial charge is 0.271 e. The predicted octanol–water partition coefficient (Wildman–Crippen LogP) is -1.13. The summed E-state index contributed by atoms with van der Waals surface area (Å²) in [6.07, 6.45) is 0.361. The van der Waals surface area contributed by atoms with Crippen LogP contribution in [-0.4, -0.2) is 23.1 Å². The zero-order valence-corrected chi connectivity index (χ0v) is 7.97. The number of nitrogens with one attached hydrogen (secondary N) is 1. The van der Waals surface area contributed by atoms with Gasteiger partial charge in [0.25, 0.3) is 5.56 Å². The van der Waals surface area contributed by atoms with Crippen molar-refractivity contribution in [2.75, 3.05) is 5.75 Å². The summed E-state index contributed by atoms with van der Waals surface area (Å²) in [5, 5.41) is 0. The minimum atomic E-state index is -3.87. The molecule has 0 saturated carbocycles. The van der Waals surface area contributed by atoms with E-state index >= 15 is 0 Å². The minimum Gasteiger partial charge on any atom is -0.271 e. The maximum Gasteiger partial charge on any atom is 0.342 e. The van der Waals surface area contributed by atoms with Crippen LogP contribution in [0.2, 0.25) is 0 Å². The molecule has 1 heterocycles. The molecule has 6 nitrogen and oxygen atoms in total. The third-order valence-corrected chi connectivity index (χ3v) is 3.13. The predicted molar refractivity (Wildman–Crippen MR) is 46.1 cm³/mol. The average molecular weight is 222 g/mol. The van der Waals surface area contributed by atoms with E-state index in [1.165, 1.54) is 6.92 Å². The molecule has 1 aromatic rings. The first-order chi connectivity index (χ1) is 6.38. The van der Waals surface area contributed by atoms with Crippen molar-refractivity contribution < 1.29 is 12.8 Å². The number of aromatic nitrogens is 2. The first-order valence-corrected chi connectivity index (χ1v) is 5.24. The molecule has 1 aromatic heterocycles. The third-order valence-electron chi connectivity index (χ3n) is 1.53. The van der Waals surface area contributed by atoms with Crippen molar-refractivity contribution in [3.63, 3.8) is 0 Å². The van der Waals surface area contributed by atoms with Crippen LogP contribution in [0.1, 0.15) is 6.92 Å². The molecular formula is C6H7FN2O4S. The van der Waals surface area contributed by atoms with Gasteiger partial charge in [-0.2, -0.15) is 8.36 Å². The number of halogens is 1. The van der Waals surface area contributed by atoms with Gasteiger partial charge < -0.3 is 0 Å². The van der Waals surface area contributed by atoms with E-state index in [1.54, 1.807) is 4.98 Å². The number of aromatic amines is 1. The first-order valence-electron chi connectivity index (χ1n) is 3.63. The number of hydrogen-bond acceptors (Lipinski definition) is 4. The molecule has 0 aliphatic rings. The molecule has 0 fully saturated rings. The maximum atomic E-state index is 12.7. The summed E-state index contributed by atoms with van der Waals surface area (Å²) in [6.45, 7) is 1.30. The monoisotopic (exact) mass is 222 g/mol. The topological polar surface area (TPSA) is 89.0 Å². The molecule has 0 saturated heterocycles. The molecule has 0 atom stereocenters. The zero-order valence-electron chi connectivity index (χ0n) is 7.15. The second-order valence-electron chi connectivity index (χ2n) is 2.43. The van der Waals surface area contributed by atoms with Gasteiger partial charge in [0.1, 0.15) is 0 Å². The fraction of sp³-hybridized carbons (Fsp3) is 0.333. The van der Waals surface area contributed by atoms with Crippen LogP contribution in [0.25, 0.3) is 0 Å². The largest absolute Gasteiger partial charge is 0.342 e. The van der Waals surface area contributed by atoms with E-state index in [4.69, 9.17) is 0 Å². The van der Waals surface area contributed by atoms with Crippen LogP contribution in [0, 0.1) is 5.82 Å². The molecule has 0 aliphatic carbocycles. The van der Waals surface area contributed by atoms with Gasteiger partial charge >= 0.3 is 5.69 Å². The summed E-state index contributed by atoms with van der Waals surface area (Å²) in [5.74, 6) is -1.68. The lowest BCUT2D eigenvalue weighted by atomic mass is 10.6. The van der Waals surface area contributed by atoms with Crippen molar-refractivity contribution in [2.45, 2.75) is 6.92 Å². The highest BCUT2D eigenvalue weighted by Gasteiger charge is 2.14. The lowest BCUT2D eigenvalue weighted by molar-refractivity contribution is 0.565. The van der Waals surface area contributed by atoms with Gasteiger partial charge in [-0.05, 0) is 6.92 Å². The molecular weight excluding hydrogens is 215 g/mol. The summed E-state index contributed by atoms with van der Waals surface area (Å²) < 4.78 is 35.1. The summed E-state index contributed by atoms with van der Waals surface area (Å²) in [7, 11) is -3.87. The van der Waals surface area contributed by atoms with E-state index < -0.39 is 27.1 Å². The molecule has 78 valence electrons. The van der Waals surface area contributed by atoms with Gasteiger partial charge in [0, 0.05) is 0 Å². The molecule has 14 heavy (non-hydrogen) atoms. The number of H-pyrrole nitrogens is 1. The molecule has 0 aliphatic heterocycles. The first kappa shape index (κ1) is 10.6. The van der Waals surface area contributed by atoms with Gasteiger partial charge in [0.05, 0.1) is 11.9 Å². The Morgan fingerprint density at radius 3 is 2.57 bits per heavy atom. The van der Waals surface area contributed by atoms with Crippen LogP contribution in [0.3, 0.4) is 0 Å². The fourth-order valence-electron chi connectivity index (χ4n) is 0.778. The van der Waals surface area contributed by atoms with Crippen LogP contribution >= 0.6 is 0 Å². The van der Waals surface area contributed by atoms with Gasteiger partial charge in [-0.1, -0.05) is 0 Å². The highest BCUT2D eigenvalue weighted by Crippen LogP contribution is 1.92. The summed E-state index contributed by atoms with van der Waals surface area (Å²) in [6, 6.07) is 0. The summed E-state index contributed by atoms with van der Waals surface area (Å²) in [4.78, 5) is 23.1. The van der Waals surface area contributed by atoms with E-state index in [0.717, 1.165) is 0 Å². The van der Waals surface area contributed by atoms with Crippen LogP contribution in [0.15, 0.2) is 15.8 Å². The zero-order chi connectivity index (χ0) is 10.9. The molecule has 8 heteroatoms. The molecule has 0 radical (unpaired) electrons. The van der Waals surface area contributed by atoms with Gasteiger partial charge in [0.2, 0.25) is 15.8 Å². The van der Waals surface area contributed by atoms with Crippen molar-refractivity contribution in [2.24, 2.45) is 0 Å². The Bertz CT molecular complexity index is 556. The molecule has 1 rings (SSSR count). The highest BCUT2D eigenvalue weighted by atomic mass is 32.2. The average Bonchev–Trinajstić information content (AvgIpc) is 2.11. The lowest BCUT2D eigenvalue weighted by Gasteiger charge is -2.02. The van der Waals surface area contributed by atoms with E-state index in [0.29, 0.717) is 6.20 Å². The molecule has 1 N–H and O–H groups in total. The Balaban J connectivity index is 3.62. The number of hydrogen-bond donors (Lipinski definition) is 1. The quantitative estimate of drug-likeness (QED) is 0.686. The Morgan fingerprint density at radius 1 is 1.50 bits per heavy atom. The standard InChI is InChI=1S/C6H7FN2O4S/c1-2-14(12,13)9-3-4(7)5(10)8-6(9)11/h3H,2H2,1H3,(H,8,10,11). The fourth-order valence-corrected chi connectivity index (χ4v) is 1.61. The van der Waals surface area contributed by atoms with Gasteiger partial charge in [-0.3, -0.25) is 9.78 Å². The van der Waals surface area contributed by atoms with Crippen molar-refractivity contribution >= 4 is 10.0 Å². The van der Waals surface area contributed by atoms with Crippen molar-refractivity contribution in [3.05, 3.63) is 32.9 Å². The van der Waals surface area contributed by atoms with E-state index in [-0.39, 0.29) is 9.73 Å². The Hall–Kier alpha value is -1.44. The highest BCUT2D eigenvalue weighted by molar-refractivity contribution is 7.89. The van der Waals surface area contributed by atoms with Crippen LogP contribution in [0.5, 0.6) is 0 Å². The Morgan fingerprint density at radius 2 is 2.07 bits per heavy atom. The Kier molecular flexibility index (Phi) is 2.56. The van der Waals surface area contributed by atoms with Gasteiger partial charge in [-0.25, -0.2) is 13.2 Å². The van der Waals surface area contributed by atoms with Gasteiger partial charge in [0.15, 0.2) is 0 Å². The maximum absolute atomic E-state index is 12.7. The molecule has 0 aromatic carbocycles. The SMILES string of the molecule is CCS(=O)(=O)n1cc(F)c(=O)[nH]c1=O. The normalized spacial score (nSPS) is 11.6. The van der Waals surface area contributed by atoms with Crippen molar-refractivity contribution in [1.82, 2.24) is 8.96 Å². The van der Waals surface area contributed by atoms with Crippen molar-refractivity contribution in [3.8, 4) is 0 Å². The van der Waals surface area contributed by atoms with Crippen LogP contribution in [0.4, 0.5) is 4.39 Å². The van der Waals surface area contributed by atoms with Crippen molar-refractivity contribution in [1.29, 1.82) is 0 Å². The third kappa shape index (κ3) is 1.74. The lowest BCUT2D eigenvalue weighted by Crippen LogP contribution is -2.35. The van der Waals surface area contributed by atoms with E-state index in [1.807, 2.05) is 0 Å².